The normalized spacial score (nSPS) is 13.8. The second-order valence-corrected chi connectivity index (χ2v) is 6.09. The predicted molar refractivity (Wildman–Crippen MR) is 103 cm³/mol. The number of fused-ring (bicyclic) bond motifs is 1. The highest BCUT2D eigenvalue weighted by Crippen LogP contribution is 2.34. The Balaban J connectivity index is 0.00000169. The summed E-state index contributed by atoms with van der Waals surface area (Å²) in [6.07, 6.45) is -0.605. The van der Waals surface area contributed by atoms with Crippen molar-refractivity contribution in [3.05, 3.63) is 47.2 Å². The molecule has 0 saturated carbocycles. The molecule has 0 atom stereocenters. The zero-order chi connectivity index (χ0) is 17.3. The summed E-state index contributed by atoms with van der Waals surface area (Å²) in [7, 11) is 0. The second-order valence-electron chi connectivity index (χ2n) is 6.09. The van der Waals surface area contributed by atoms with Crippen LogP contribution in [0.1, 0.15) is 42.4 Å². The van der Waals surface area contributed by atoms with Gasteiger partial charge in [0.05, 0.1) is 17.8 Å². The quantitative estimate of drug-likeness (QED) is 0.824. The number of benzene rings is 1. The summed E-state index contributed by atoms with van der Waals surface area (Å²) >= 11 is 0. The molecule has 1 aliphatic rings. The lowest BCUT2D eigenvalue weighted by molar-refractivity contribution is 0.102. The van der Waals surface area contributed by atoms with Crippen molar-refractivity contribution < 1.29 is 14.3 Å². The number of hydrogen-bond donors (Lipinski definition) is 2. The fraction of sp³-hybridized carbons (Fsp3) is 0.353. The van der Waals surface area contributed by atoms with Gasteiger partial charge in [-0.05, 0) is 32.9 Å². The summed E-state index contributed by atoms with van der Waals surface area (Å²) in [5.74, 6) is 0.0592. The molecule has 142 valence electrons. The first kappa shape index (κ1) is 22.0. The number of aromatic nitrogens is 2. The summed E-state index contributed by atoms with van der Waals surface area (Å²) in [5.41, 5.74) is 1.67. The zero-order valence-corrected chi connectivity index (χ0v) is 16.4. The zero-order valence-electron chi connectivity index (χ0n) is 14.7. The van der Waals surface area contributed by atoms with Crippen LogP contribution in [0, 0.1) is 0 Å². The molecule has 0 saturated heterocycles. The molecule has 2 N–H and O–H groups in total. The van der Waals surface area contributed by atoms with Crippen LogP contribution in [0.25, 0.3) is 0 Å². The van der Waals surface area contributed by atoms with E-state index in [1.165, 1.54) is 0 Å². The molecular formula is C17H22Cl2N4O3. The molecule has 2 heterocycles. The van der Waals surface area contributed by atoms with E-state index in [1.807, 2.05) is 19.9 Å². The Labute approximate surface area is 164 Å². The number of anilines is 1. The molecule has 3 rings (SSSR count). The first-order valence-corrected chi connectivity index (χ1v) is 7.85. The van der Waals surface area contributed by atoms with Crippen molar-refractivity contribution in [1.29, 1.82) is 0 Å². The van der Waals surface area contributed by atoms with Crippen LogP contribution in [0.3, 0.4) is 0 Å². The van der Waals surface area contributed by atoms with Crippen molar-refractivity contribution in [2.75, 3.05) is 11.9 Å². The third kappa shape index (κ3) is 4.00. The van der Waals surface area contributed by atoms with Gasteiger partial charge in [0, 0.05) is 17.7 Å². The molecule has 26 heavy (non-hydrogen) atoms. The van der Waals surface area contributed by atoms with Crippen molar-refractivity contribution in [1.82, 2.24) is 15.1 Å². The van der Waals surface area contributed by atoms with E-state index in [9.17, 15) is 9.59 Å². The first-order valence-electron chi connectivity index (χ1n) is 7.85. The van der Waals surface area contributed by atoms with Gasteiger partial charge in [-0.15, -0.1) is 29.5 Å². The van der Waals surface area contributed by atoms with Crippen molar-refractivity contribution in [3.8, 4) is 0 Å². The van der Waals surface area contributed by atoms with Crippen LogP contribution >= 0.6 is 24.8 Å². The summed E-state index contributed by atoms with van der Waals surface area (Å²) in [6, 6.07) is 8.83. The average Bonchev–Trinajstić information content (AvgIpc) is 3.07. The predicted octanol–water partition coefficient (Wildman–Crippen LogP) is 3.32. The molecule has 7 nitrogen and oxygen atoms in total. The number of nitrogens with one attached hydrogen (secondary N) is 2. The molecule has 0 fully saturated rings. The highest BCUT2D eigenvalue weighted by atomic mass is 35.5. The summed E-state index contributed by atoms with van der Waals surface area (Å²) < 4.78 is 6.19. The van der Waals surface area contributed by atoms with Crippen LogP contribution in [0.2, 0.25) is 0 Å². The van der Waals surface area contributed by atoms with Crippen molar-refractivity contribution >= 4 is 42.6 Å². The molecule has 0 aliphatic carbocycles. The van der Waals surface area contributed by atoms with E-state index >= 15 is 0 Å². The number of carbonyl (C=O) groups excluding carboxylic acids is 2. The number of rotatable bonds is 3. The molecule has 1 amide bonds. The molecule has 2 aromatic rings. The van der Waals surface area contributed by atoms with Crippen LogP contribution in [0.4, 0.5) is 10.6 Å². The second kappa shape index (κ2) is 8.53. The monoisotopic (exact) mass is 400 g/mol. The SMILES string of the molecule is CCOC(=O)n1nc2c(c1NC(=O)c1ccccc1)CNC2(C)C.Cl.Cl. The van der Waals surface area contributed by atoms with Gasteiger partial charge in [0.1, 0.15) is 5.82 Å². The molecule has 1 aromatic heterocycles. The van der Waals surface area contributed by atoms with Gasteiger partial charge in [-0.1, -0.05) is 18.2 Å². The Morgan fingerprint density at radius 3 is 2.54 bits per heavy atom. The highest BCUT2D eigenvalue weighted by Gasteiger charge is 2.37. The lowest BCUT2D eigenvalue weighted by Gasteiger charge is -2.17. The summed E-state index contributed by atoms with van der Waals surface area (Å²) in [6.45, 7) is 6.43. The lowest BCUT2D eigenvalue weighted by atomic mass is 10.0. The maximum atomic E-state index is 12.5. The van der Waals surface area contributed by atoms with Gasteiger partial charge < -0.3 is 15.4 Å². The van der Waals surface area contributed by atoms with Gasteiger partial charge in [0.2, 0.25) is 0 Å². The molecule has 0 spiro atoms. The smallest absolute Gasteiger partial charge is 0.436 e. The van der Waals surface area contributed by atoms with Crippen molar-refractivity contribution in [3.63, 3.8) is 0 Å². The fourth-order valence-corrected chi connectivity index (χ4v) is 2.73. The van der Waals surface area contributed by atoms with E-state index in [0.29, 0.717) is 17.9 Å². The number of hydrogen-bond acceptors (Lipinski definition) is 5. The minimum atomic E-state index is -0.605. The first-order chi connectivity index (χ1) is 11.4. The standard InChI is InChI=1S/C17H20N4O3.2ClH/c1-4-24-16(23)21-14(12-10-18-17(2,3)13(12)20-21)19-15(22)11-8-6-5-7-9-11;;/h5-9,18H,4,10H2,1-3H3,(H,19,22);2*1H. The number of carbonyl (C=O) groups is 2. The number of halogens is 2. The number of nitrogens with zero attached hydrogens (tertiary/aromatic N) is 2. The maximum Gasteiger partial charge on any atom is 0.436 e. The van der Waals surface area contributed by atoms with Gasteiger partial charge in [-0.25, -0.2) is 4.79 Å². The molecule has 9 heteroatoms. The van der Waals surface area contributed by atoms with E-state index < -0.39 is 6.09 Å². The molecular weight excluding hydrogens is 379 g/mol. The van der Waals surface area contributed by atoms with E-state index in [4.69, 9.17) is 4.74 Å². The van der Waals surface area contributed by atoms with Crippen molar-refractivity contribution in [2.45, 2.75) is 32.9 Å². The Bertz CT molecular complexity index is 791. The van der Waals surface area contributed by atoms with E-state index in [1.54, 1.807) is 31.2 Å². The van der Waals surface area contributed by atoms with Crippen LogP contribution in [-0.4, -0.2) is 28.4 Å². The lowest BCUT2D eigenvalue weighted by Crippen LogP contribution is -2.31. The van der Waals surface area contributed by atoms with Gasteiger partial charge in [0.25, 0.3) is 5.91 Å². The van der Waals surface area contributed by atoms with Gasteiger partial charge >= 0.3 is 6.09 Å². The van der Waals surface area contributed by atoms with Gasteiger partial charge in [0.15, 0.2) is 0 Å². The van der Waals surface area contributed by atoms with Crippen LogP contribution in [0.5, 0.6) is 0 Å². The largest absolute Gasteiger partial charge is 0.448 e. The Kier molecular flexibility index (Phi) is 7.20. The third-order valence-corrected chi connectivity index (χ3v) is 3.99. The summed E-state index contributed by atoms with van der Waals surface area (Å²) in [4.78, 5) is 24.7. The molecule has 0 radical (unpaired) electrons. The minimum Gasteiger partial charge on any atom is -0.448 e. The van der Waals surface area contributed by atoms with Crippen LogP contribution in [0.15, 0.2) is 30.3 Å². The Hall–Kier alpha value is -2.09. The average molecular weight is 401 g/mol. The van der Waals surface area contributed by atoms with Crippen LogP contribution in [-0.2, 0) is 16.8 Å². The topological polar surface area (TPSA) is 85.2 Å². The Morgan fingerprint density at radius 2 is 1.92 bits per heavy atom. The Morgan fingerprint density at radius 1 is 1.27 bits per heavy atom. The molecule has 1 aliphatic heterocycles. The molecule has 0 unspecified atom stereocenters. The maximum absolute atomic E-state index is 12.5. The van der Waals surface area contributed by atoms with E-state index in [2.05, 4.69) is 15.7 Å². The van der Waals surface area contributed by atoms with Gasteiger partial charge in [-0.2, -0.15) is 5.10 Å². The van der Waals surface area contributed by atoms with E-state index in [0.717, 1.165) is 15.9 Å². The minimum absolute atomic E-state index is 0. The summed E-state index contributed by atoms with van der Waals surface area (Å²) in [5, 5.41) is 10.5. The fourth-order valence-electron chi connectivity index (χ4n) is 2.73. The number of ether oxygens (including phenoxy) is 1. The molecule has 1 aromatic carbocycles. The third-order valence-electron chi connectivity index (χ3n) is 3.99. The van der Waals surface area contributed by atoms with E-state index in [-0.39, 0.29) is 42.9 Å². The van der Waals surface area contributed by atoms with Crippen molar-refractivity contribution in [2.24, 2.45) is 0 Å². The van der Waals surface area contributed by atoms with Gasteiger partial charge in [-0.3, -0.25) is 4.79 Å². The number of amides is 1. The molecule has 0 bridgehead atoms. The van der Waals surface area contributed by atoms with Crippen LogP contribution < -0.4 is 10.6 Å². The highest BCUT2D eigenvalue weighted by molar-refractivity contribution is 6.05.